The van der Waals surface area contributed by atoms with E-state index in [0.717, 1.165) is 17.9 Å². The van der Waals surface area contributed by atoms with Gasteiger partial charge in [0.05, 0.1) is 18.6 Å². The number of piperidine rings is 1. The Kier molecular flexibility index (Phi) is 5.07. The molecule has 2 aliphatic rings. The third-order valence-electron chi connectivity index (χ3n) is 4.42. The van der Waals surface area contributed by atoms with Crippen LogP contribution in [0.1, 0.15) is 18.4 Å². The van der Waals surface area contributed by atoms with E-state index in [2.05, 4.69) is 10.6 Å². The molecule has 0 radical (unpaired) electrons. The fourth-order valence-corrected chi connectivity index (χ4v) is 3.93. The molecule has 6 nitrogen and oxygen atoms in total. The van der Waals surface area contributed by atoms with E-state index < -0.39 is 17.1 Å². The first-order valence-electron chi connectivity index (χ1n) is 8.02. The molecule has 2 saturated heterocycles. The molecule has 10 heteroatoms. The number of benzene rings is 1. The quantitative estimate of drug-likeness (QED) is 0.612. The van der Waals surface area contributed by atoms with E-state index in [4.69, 9.17) is 4.74 Å². The molecule has 1 unspecified atom stereocenters. The first-order valence-corrected chi connectivity index (χ1v) is 8.83. The molecule has 3 rings (SSSR count). The Hall–Kier alpha value is -1.94. The predicted octanol–water partition coefficient (Wildman–Crippen LogP) is 2.48. The average molecular weight is 389 g/mol. The summed E-state index contributed by atoms with van der Waals surface area (Å²) in [4.78, 5) is 25.9. The van der Waals surface area contributed by atoms with Crippen molar-refractivity contribution in [3.05, 3.63) is 23.8 Å². The van der Waals surface area contributed by atoms with Gasteiger partial charge in [0.25, 0.3) is 5.91 Å². The lowest BCUT2D eigenvalue weighted by Crippen LogP contribution is -2.57. The van der Waals surface area contributed by atoms with Crippen LogP contribution >= 0.6 is 11.8 Å². The van der Waals surface area contributed by atoms with Gasteiger partial charge in [-0.2, -0.15) is 13.2 Å². The number of ether oxygens (including phenoxy) is 1. The van der Waals surface area contributed by atoms with Gasteiger partial charge in [0.1, 0.15) is 11.3 Å². The van der Waals surface area contributed by atoms with Crippen LogP contribution in [0, 0.1) is 0 Å². The molecule has 2 N–H and O–H groups in total. The molecule has 1 atom stereocenters. The molecule has 0 aromatic heterocycles. The molecule has 142 valence electrons. The number of halogens is 3. The smallest absolute Gasteiger partial charge is 0.446 e. The van der Waals surface area contributed by atoms with Gasteiger partial charge in [0.2, 0.25) is 0 Å². The number of alkyl halides is 3. The van der Waals surface area contributed by atoms with Crippen molar-refractivity contribution in [1.82, 2.24) is 15.5 Å². The Morgan fingerprint density at radius 2 is 2.12 bits per heavy atom. The fourth-order valence-electron chi connectivity index (χ4n) is 3.22. The number of imide groups is 1. The highest BCUT2D eigenvalue weighted by Gasteiger charge is 2.51. The largest absolute Gasteiger partial charge is 0.496 e. The van der Waals surface area contributed by atoms with Gasteiger partial charge in [-0.25, -0.2) is 4.79 Å². The molecule has 2 aliphatic heterocycles. The van der Waals surface area contributed by atoms with Gasteiger partial charge >= 0.3 is 11.5 Å². The summed E-state index contributed by atoms with van der Waals surface area (Å²) in [5.41, 5.74) is -5.00. The third-order valence-corrected chi connectivity index (χ3v) is 5.19. The first-order chi connectivity index (χ1) is 12.2. The van der Waals surface area contributed by atoms with E-state index >= 15 is 0 Å². The maximum atomic E-state index is 12.7. The van der Waals surface area contributed by atoms with E-state index in [-0.39, 0.29) is 34.9 Å². The van der Waals surface area contributed by atoms with E-state index in [0.29, 0.717) is 18.5 Å². The Morgan fingerprint density at radius 3 is 2.73 bits per heavy atom. The molecular weight excluding hydrogens is 371 g/mol. The number of thioether (sulfide) groups is 1. The molecule has 0 aliphatic carbocycles. The number of rotatable bonds is 4. The zero-order chi connectivity index (χ0) is 18.9. The molecule has 2 fully saturated rings. The van der Waals surface area contributed by atoms with Gasteiger partial charge in [-0.15, -0.1) is 0 Å². The summed E-state index contributed by atoms with van der Waals surface area (Å²) in [7, 11) is 1.28. The van der Waals surface area contributed by atoms with Gasteiger partial charge in [-0.1, -0.05) is 6.07 Å². The Labute approximate surface area is 152 Å². The van der Waals surface area contributed by atoms with Crippen LogP contribution in [0.5, 0.6) is 5.75 Å². The summed E-state index contributed by atoms with van der Waals surface area (Å²) >= 11 is -0.292. The monoisotopic (exact) mass is 389 g/mol. The number of nitrogens with zero attached hydrogens (tertiary/aromatic N) is 1. The van der Waals surface area contributed by atoms with Crippen molar-refractivity contribution in [2.24, 2.45) is 0 Å². The highest BCUT2D eigenvalue weighted by Crippen LogP contribution is 2.42. The van der Waals surface area contributed by atoms with Gasteiger partial charge in [0.15, 0.2) is 0 Å². The average Bonchev–Trinajstić information content (AvgIpc) is 2.79. The number of hydrogen-bond donors (Lipinski definition) is 2. The number of urea groups is 1. The van der Waals surface area contributed by atoms with Crippen LogP contribution in [0.3, 0.4) is 0 Å². The summed E-state index contributed by atoms with van der Waals surface area (Å²) in [6.07, 6.45) is 1.30. The van der Waals surface area contributed by atoms with Crippen LogP contribution in [0.2, 0.25) is 0 Å². The van der Waals surface area contributed by atoms with Gasteiger partial charge in [-0.3, -0.25) is 9.69 Å². The highest BCUT2D eigenvalue weighted by molar-refractivity contribution is 8.00. The number of nitrogens with one attached hydrogen (secondary N) is 2. The summed E-state index contributed by atoms with van der Waals surface area (Å²) in [5, 5.41) is 5.83. The molecule has 3 amide bonds. The second-order valence-corrected chi connectivity index (χ2v) is 7.32. The first kappa shape index (κ1) is 18.8. The lowest BCUT2D eigenvalue weighted by Gasteiger charge is -2.31. The van der Waals surface area contributed by atoms with Crippen LogP contribution in [0.15, 0.2) is 23.1 Å². The van der Waals surface area contributed by atoms with Crippen molar-refractivity contribution < 1.29 is 27.5 Å². The normalized spacial score (nSPS) is 23.5. The topological polar surface area (TPSA) is 70.7 Å². The van der Waals surface area contributed by atoms with E-state index in [9.17, 15) is 22.8 Å². The third kappa shape index (κ3) is 3.75. The van der Waals surface area contributed by atoms with E-state index in [1.54, 1.807) is 6.07 Å². The van der Waals surface area contributed by atoms with Crippen LogP contribution in [-0.4, -0.2) is 48.1 Å². The van der Waals surface area contributed by atoms with Crippen LogP contribution in [-0.2, 0) is 11.3 Å². The molecular formula is C16H18F3N3O3S. The Bertz CT molecular complexity index is 720. The molecule has 1 spiro atoms. The lowest BCUT2D eigenvalue weighted by atomic mass is 9.90. The van der Waals surface area contributed by atoms with Crippen LogP contribution in [0.4, 0.5) is 18.0 Å². The minimum absolute atomic E-state index is 0.0845. The number of carbonyl (C=O) groups excluding carboxylic acids is 2. The standard InChI is InChI=1S/C16H18F3N3O3S/c1-25-11-4-3-10(7-12(11)26-16(17,18)19)8-22-13(23)15(21-14(22)24)5-2-6-20-9-15/h3-4,7,20H,2,5-6,8-9H2,1H3,(H,21,24). The second kappa shape index (κ2) is 6.99. The maximum absolute atomic E-state index is 12.7. The highest BCUT2D eigenvalue weighted by atomic mass is 32.2. The summed E-state index contributed by atoms with van der Waals surface area (Å²) in [5.74, 6) is -0.267. The maximum Gasteiger partial charge on any atom is 0.446 e. The Morgan fingerprint density at radius 1 is 1.35 bits per heavy atom. The van der Waals surface area contributed by atoms with Crippen molar-refractivity contribution in [2.75, 3.05) is 20.2 Å². The van der Waals surface area contributed by atoms with Crippen molar-refractivity contribution in [3.8, 4) is 5.75 Å². The van der Waals surface area contributed by atoms with E-state index in [1.165, 1.54) is 19.2 Å². The zero-order valence-corrected chi connectivity index (χ0v) is 14.8. The molecule has 0 bridgehead atoms. The van der Waals surface area contributed by atoms with Crippen molar-refractivity contribution in [2.45, 2.75) is 35.3 Å². The number of hydrogen-bond acceptors (Lipinski definition) is 5. The lowest BCUT2D eigenvalue weighted by molar-refractivity contribution is -0.132. The van der Waals surface area contributed by atoms with Crippen molar-refractivity contribution >= 4 is 23.7 Å². The summed E-state index contributed by atoms with van der Waals surface area (Å²) in [6.45, 7) is 1.04. The summed E-state index contributed by atoms with van der Waals surface area (Å²) < 4.78 is 43.1. The van der Waals surface area contributed by atoms with Crippen LogP contribution < -0.4 is 15.4 Å². The molecule has 2 heterocycles. The second-order valence-electron chi connectivity index (χ2n) is 6.22. The van der Waals surface area contributed by atoms with E-state index in [1.807, 2.05) is 0 Å². The number of carbonyl (C=O) groups is 2. The van der Waals surface area contributed by atoms with Crippen molar-refractivity contribution in [1.29, 1.82) is 0 Å². The number of amides is 3. The minimum atomic E-state index is -4.47. The van der Waals surface area contributed by atoms with Gasteiger partial charge < -0.3 is 15.4 Å². The minimum Gasteiger partial charge on any atom is -0.496 e. The molecule has 1 aromatic carbocycles. The van der Waals surface area contributed by atoms with Gasteiger partial charge in [0, 0.05) is 6.54 Å². The molecule has 0 saturated carbocycles. The van der Waals surface area contributed by atoms with Crippen LogP contribution in [0.25, 0.3) is 0 Å². The van der Waals surface area contributed by atoms with Gasteiger partial charge in [-0.05, 0) is 48.8 Å². The number of methoxy groups -OCH3 is 1. The SMILES string of the molecule is COc1ccc(CN2C(=O)NC3(CCCNC3)C2=O)cc1SC(F)(F)F. The fraction of sp³-hybridized carbons (Fsp3) is 0.500. The molecule has 26 heavy (non-hydrogen) atoms. The molecule has 1 aromatic rings. The Balaban J connectivity index is 1.81. The summed E-state index contributed by atoms with van der Waals surface area (Å²) in [6, 6.07) is 3.71. The zero-order valence-electron chi connectivity index (χ0n) is 14.0. The predicted molar refractivity (Wildman–Crippen MR) is 88.8 cm³/mol. The van der Waals surface area contributed by atoms with Crippen molar-refractivity contribution in [3.63, 3.8) is 0 Å².